The molecule has 3 rings (SSSR count). The summed E-state index contributed by atoms with van der Waals surface area (Å²) in [5, 5.41) is 5.98. The topological polar surface area (TPSA) is 78.5 Å². The van der Waals surface area contributed by atoms with Crippen molar-refractivity contribution in [1.29, 1.82) is 0 Å². The van der Waals surface area contributed by atoms with E-state index in [0.717, 1.165) is 42.4 Å². The first-order valence-electron chi connectivity index (χ1n) is 7.71. The molecule has 8 heteroatoms. The lowest BCUT2D eigenvalue weighted by Gasteiger charge is -2.14. The Morgan fingerprint density at radius 3 is 2.62 bits per heavy atom. The van der Waals surface area contributed by atoms with Crippen LogP contribution in [0.4, 0.5) is 10.5 Å². The highest BCUT2D eigenvalue weighted by Crippen LogP contribution is 2.22. The smallest absolute Gasteiger partial charge is 0.289 e. The van der Waals surface area contributed by atoms with Crippen LogP contribution in [0.1, 0.15) is 24.8 Å². The summed E-state index contributed by atoms with van der Waals surface area (Å²) in [7, 11) is 0. The predicted octanol–water partition coefficient (Wildman–Crippen LogP) is 2.38. The molecule has 2 N–H and O–H groups in total. The van der Waals surface area contributed by atoms with Crippen LogP contribution in [0.15, 0.2) is 24.3 Å². The van der Waals surface area contributed by atoms with E-state index in [4.69, 9.17) is 0 Å². The quantitative estimate of drug-likeness (QED) is 0.833. The number of halogens is 1. The van der Waals surface area contributed by atoms with Crippen molar-refractivity contribution < 1.29 is 14.4 Å². The molecule has 130 valence electrons. The Labute approximate surface area is 151 Å². The number of rotatable bonds is 5. The summed E-state index contributed by atoms with van der Waals surface area (Å²) in [4.78, 5) is 36.4. The van der Waals surface area contributed by atoms with Crippen molar-refractivity contribution in [1.82, 2.24) is 10.2 Å². The van der Waals surface area contributed by atoms with Crippen molar-refractivity contribution in [3.63, 3.8) is 0 Å². The van der Waals surface area contributed by atoms with E-state index in [-0.39, 0.29) is 47.8 Å². The van der Waals surface area contributed by atoms with Crippen molar-refractivity contribution in [2.75, 3.05) is 17.6 Å². The first-order valence-corrected chi connectivity index (χ1v) is 8.69. The second-order valence-corrected chi connectivity index (χ2v) is 6.70. The van der Waals surface area contributed by atoms with Gasteiger partial charge in [-0.3, -0.25) is 19.3 Å². The molecular formula is C16H20ClN3O3S. The van der Waals surface area contributed by atoms with Gasteiger partial charge in [-0.2, -0.15) is 0 Å². The summed E-state index contributed by atoms with van der Waals surface area (Å²) in [6.45, 7) is 1.27. The number of carbonyl (C=O) groups excluding carboxylic acids is 3. The minimum atomic E-state index is -0.198. The Balaban J connectivity index is 0.00000208. The van der Waals surface area contributed by atoms with E-state index in [0.29, 0.717) is 6.42 Å². The molecule has 1 unspecified atom stereocenters. The Morgan fingerprint density at radius 2 is 2.04 bits per heavy atom. The van der Waals surface area contributed by atoms with Crippen molar-refractivity contribution in [2.24, 2.45) is 0 Å². The molecule has 2 fully saturated rings. The van der Waals surface area contributed by atoms with Crippen LogP contribution in [0.2, 0.25) is 0 Å². The highest BCUT2D eigenvalue weighted by molar-refractivity contribution is 8.14. The van der Waals surface area contributed by atoms with Crippen LogP contribution < -0.4 is 10.6 Å². The van der Waals surface area contributed by atoms with Crippen LogP contribution in [-0.2, 0) is 16.1 Å². The largest absolute Gasteiger partial charge is 0.326 e. The summed E-state index contributed by atoms with van der Waals surface area (Å²) in [5.74, 6) is 0.0715. The molecule has 1 aromatic rings. The van der Waals surface area contributed by atoms with Gasteiger partial charge in [0, 0.05) is 18.2 Å². The van der Waals surface area contributed by atoms with Gasteiger partial charge in [0.05, 0.1) is 12.3 Å². The fourth-order valence-electron chi connectivity index (χ4n) is 2.78. The molecule has 2 heterocycles. The third-order valence-electron chi connectivity index (χ3n) is 4.01. The van der Waals surface area contributed by atoms with Gasteiger partial charge in [-0.25, -0.2) is 0 Å². The van der Waals surface area contributed by atoms with Gasteiger partial charge in [0.25, 0.3) is 5.24 Å². The molecule has 3 amide bonds. The first kappa shape index (κ1) is 18.8. The third-order valence-corrected chi connectivity index (χ3v) is 4.87. The average molecular weight is 370 g/mol. The third kappa shape index (κ3) is 4.72. The van der Waals surface area contributed by atoms with E-state index >= 15 is 0 Å². The number of nitrogens with one attached hydrogen (secondary N) is 2. The number of thioether (sulfide) groups is 1. The lowest BCUT2D eigenvalue weighted by molar-refractivity contribution is -0.125. The number of benzene rings is 1. The van der Waals surface area contributed by atoms with Crippen LogP contribution in [0.25, 0.3) is 0 Å². The van der Waals surface area contributed by atoms with Gasteiger partial charge in [0.1, 0.15) is 0 Å². The molecule has 6 nitrogen and oxygen atoms in total. The molecule has 0 aromatic heterocycles. The highest BCUT2D eigenvalue weighted by atomic mass is 35.5. The number of hydrogen-bond acceptors (Lipinski definition) is 5. The fraction of sp³-hybridized carbons (Fsp3) is 0.438. The van der Waals surface area contributed by atoms with Gasteiger partial charge in [-0.15, -0.1) is 12.4 Å². The molecule has 0 bridgehead atoms. The van der Waals surface area contributed by atoms with Gasteiger partial charge in [0.2, 0.25) is 11.8 Å². The summed E-state index contributed by atoms with van der Waals surface area (Å²) in [5.41, 5.74) is 1.59. The zero-order valence-corrected chi connectivity index (χ0v) is 14.8. The zero-order chi connectivity index (χ0) is 16.2. The number of carbonyl (C=O) groups is 3. The van der Waals surface area contributed by atoms with Crippen LogP contribution >= 0.6 is 24.2 Å². The molecule has 2 aliphatic rings. The van der Waals surface area contributed by atoms with Crippen LogP contribution in [0.5, 0.6) is 0 Å². The second-order valence-electron chi connectivity index (χ2n) is 5.78. The van der Waals surface area contributed by atoms with Gasteiger partial charge < -0.3 is 10.6 Å². The Morgan fingerprint density at radius 1 is 1.29 bits per heavy atom. The maximum atomic E-state index is 12.0. The van der Waals surface area contributed by atoms with Gasteiger partial charge >= 0.3 is 0 Å². The standard InChI is InChI=1S/C16H19N3O3S.ClH/c20-14(8-13-2-1-7-17-13)18-12-5-3-11(4-6-12)9-19-15(21)10-23-16(19)22;/h3-6,13,17H,1-2,7-10H2,(H,18,20);1H. The van der Waals surface area contributed by atoms with E-state index in [1.54, 1.807) is 12.1 Å². The molecule has 1 aromatic carbocycles. The van der Waals surface area contributed by atoms with E-state index in [1.165, 1.54) is 4.90 Å². The molecule has 0 radical (unpaired) electrons. The predicted molar refractivity (Wildman–Crippen MR) is 96.4 cm³/mol. The SMILES string of the molecule is Cl.O=C(CC1CCCN1)Nc1ccc(CN2C(=O)CSC2=O)cc1. The molecule has 2 saturated heterocycles. The lowest BCUT2D eigenvalue weighted by Crippen LogP contribution is -2.28. The normalized spacial score (nSPS) is 20.2. The number of imide groups is 1. The highest BCUT2D eigenvalue weighted by Gasteiger charge is 2.29. The zero-order valence-electron chi connectivity index (χ0n) is 13.1. The fourth-order valence-corrected chi connectivity index (χ4v) is 3.50. The minimum Gasteiger partial charge on any atom is -0.326 e. The molecule has 0 saturated carbocycles. The van der Waals surface area contributed by atoms with Crippen molar-refractivity contribution in [2.45, 2.75) is 31.8 Å². The summed E-state index contributed by atoms with van der Waals surface area (Å²) < 4.78 is 0. The van der Waals surface area contributed by atoms with Gasteiger partial charge in [0.15, 0.2) is 0 Å². The number of nitrogens with zero attached hydrogens (tertiary/aromatic N) is 1. The average Bonchev–Trinajstić information content (AvgIpc) is 3.14. The van der Waals surface area contributed by atoms with E-state index < -0.39 is 0 Å². The lowest BCUT2D eigenvalue weighted by atomic mass is 10.1. The number of hydrogen-bond donors (Lipinski definition) is 2. The number of amides is 3. The summed E-state index contributed by atoms with van der Waals surface area (Å²) in [6.07, 6.45) is 2.65. The van der Waals surface area contributed by atoms with Gasteiger partial charge in [-0.05, 0) is 37.1 Å². The van der Waals surface area contributed by atoms with E-state index in [1.807, 2.05) is 12.1 Å². The minimum absolute atomic E-state index is 0. The van der Waals surface area contributed by atoms with E-state index in [9.17, 15) is 14.4 Å². The van der Waals surface area contributed by atoms with Crippen molar-refractivity contribution in [3.8, 4) is 0 Å². The molecule has 0 spiro atoms. The summed E-state index contributed by atoms with van der Waals surface area (Å²) >= 11 is 1.03. The number of anilines is 1. The first-order chi connectivity index (χ1) is 11.1. The molecule has 24 heavy (non-hydrogen) atoms. The molecule has 2 aliphatic heterocycles. The molecular weight excluding hydrogens is 350 g/mol. The molecule has 0 aliphatic carbocycles. The maximum absolute atomic E-state index is 12.0. The van der Waals surface area contributed by atoms with Crippen LogP contribution in [-0.4, -0.2) is 40.3 Å². The Kier molecular flexibility index (Phi) is 6.65. The Hall–Kier alpha value is -1.57. The molecule has 1 atom stereocenters. The second kappa shape index (κ2) is 8.50. The van der Waals surface area contributed by atoms with Gasteiger partial charge in [-0.1, -0.05) is 23.9 Å². The van der Waals surface area contributed by atoms with Crippen LogP contribution in [0, 0.1) is 0 Å². The van der Waals surface area contributed by atoms with E-state index in [2.05, 4.69) is 10.6 Å². The Bertz CT molecular complexity index is 601. The van der Waals surface area contributed by atoms with Crippen LogP contribution in [0.3, 0.4) is 0 Å². The monoisotopic (exact) mass is 369 g/mol. The summed E-state index contributed by atoms with van der Waals surface area (Å²) in [6, 6.07) is 7.53. The maximum Gasteiger partial charge on any atom is 0.289 e. The van der Waals surface area contributed by atoms with Crippen molar-refractivity contribution in [3.05, 3.63) is 29.8 Å². The van der Waals surface area contributed by atoms with Crippen molar-refractivity contribution >= 4 is 46.9 Å².